The molecule has 1 aromatic carbocycles. The third-order valence-corrected chi connectivity index (χ3v) is 3.59. The van der Waals surface area contributed by atoms with Gasteiger partial charge in [0.2, 0.25) is 5.88 Å². The van der Waals surface area contributed by atoms with E-state index in [1.165, 1.54) is 6.92 Å². The highest BCUT2D eigenvalue weighted by molar-refractivity contribution is 6.37. The molecule has 1 N–H and O–H groups in total. The highest BCUT2D eigenvalue weighted by Crippen LogP contribution is 2.41. The van der Waals surface area contributed by atoms with Crippen LogP contribution < -0.4 is 10.1 Å². The number of hydrogen-bond acceptors (Lipinski definition) is 3. The van der Waals surface area contributed by atoms with Crippen LogP contribution in [-0.4, -0.2) is 28.5 Å². The van der Waals surface area contributed by atoms with Crippen molar-refractivity contribution in [1.29, 1.82) is 0 Å². The van der Waals surface area contributed by atoms with Gasteiger partial charge >= 0.3 is 18.4 Å². The van der Waals surface area contributed by atoms with E-state index >= 15 is 0 Å². The zero-order valence-electron chi connectivity index (χ0n) is 13.2. The van der Waals surface area contributed by atoms with E-state index < -0.39 is 40.5 Å². The number of alkyl halides is 6. The van der Waals surface area contributed by atoms with E-state index in [0.29, 0.717) is 16.8 Å². The number of benzene rings is 1. The summed E-state index contributed by atoms with van der Waals surface area (Å²) >= 11 is 11.5. The van der Waals surface area contributed by atoms with Crippen LogP contribution in [0.4, 0.5) is 31.1 Å². The van der Waals surface area contributed by atoms with Crippen molar-refractivity contribution in [2.75, 3.05) is 6.54 Å². The van der Waals surface area contributed by atoms with Crippen LogP contribution in [0.5, 0.6) is 11.6 Å². The van der Waals surface area contributed by atoms with Crippen LogP contribution >= 0.6 is 23.2 Å². The lowest BCUT2D eigenvalue weighted by Gasteiger charge is -2.12. The highest BCUT2D eigenvalue weighted by Gasteiger charge is 2.32. The van der Waals surface area contributed by atoms with Gasteiger partial charge in [0.25, 0.3) is 0 Å². The maximum Gasteiger partial charge on any atom is 0.416 e. The molecule has 148 valence electrons. The van der Waals surface area contributed by atoms with Gasteiger partial charge in [-0.15, -0.1) is 5.10 Å². The number of aromatic nitrogens is 2. The summed E-state index contributed by atoms with van der Waals surface area (Å²) in [7, 11) is 0. The van der Waals surface area contributed by atoms with E-state index in [-0.39, 0.29) is 17.3 Å². The molecule has 0 aliphatic rings. The molecule has 1 aromatic heterocycles. The molecule has 0 aliphatic carbocycles. The number of nitrogens with one attached hydrogen (secondary N) is 1. The lowest BCUT2D eigenvalue weighted by atomic mass is 10.2. The minimum atomic E-state index is -4.68. The first-order valence-corrected chi connectivity index (χ1v) is 7.69. The summed E-state index contributed by atoms with van der Waals surface area (Å²) in [5, 5.41) is 4.30. The molecule has 0 aliphatic heterocycles. The third-order valence-electron chi connectivity index (χ3n) is 3.03. The lowest BCUT2D eigenvalue weighted by Crippen LogP contribution is -2.37. The van der Waals surface area contributed by atoms with Gasteiger partial charge in [0, 0.05) is 6.07 Å². The number of carbonyl (C=O) groups excluding carboxylic acids is 1. The van der Waals surface area contributed by atoms with Crippen molar-refractivity contribution < 1.29 is 35.9 Å². The normalized spacial score (nSPS) is 12.2. The van der Waals surface area contributed by atoms with Crippen molar-refractivity contribution in [2.24, 2.45) is 0 Å². The first kappa shape index (κ1) is 21.2. The smallest absolute Gasteiger partial charge is 0.416 e. The predicted octanol–water partition coefficient (Wildman–Crippen LogP) is 5.43. The van der Waals surface area contributed by atoms with Crippen LogP contribution in [-0.2, 0) is 6.18 Å². The fourth-order valence-corrected chi connectivity index (χ4v) is 2.44. The Morgan fingerprint density at radius 3 is 2.19 bits per heavy atom. The molecular formula is C14H9Cl2F6N3O2. The van der Waals surface area contributed by atoms with Crippen molar-refractivity contribution in [3.63, 3.8) is 0 Å². The van der Waals surface area contributed by atoms with Gasteiger partial charge in [-0.25, -0.2) is 4.79 Å². The first-order chi connectivity index (χ1) is 12.3. The summed E-state index contributed by atoms with van der Waals surface area (Å²) in [6.07, 6.45) is -9.29. The Labute approximate surface area is 157 Å². The number of amides is 1. The SMILES string of the molecule is Cc1cc(Oc2c(Cl)cc(C(F)(F)F)cc2Cl)nn1C(=O)NCC(F)(F)F. The van der Waals surface area contributed by atoms with Crippen molar-refractivity contribution in [2.45, 2.75) is 19.3 Å². The maximum absolute atomic E-state index is 12.7. The minimum absolute atomic E-state index is 0.101. The zero-order valence-corrected chi connectivity index (χ0v) is 14.7. The molecule has 0 bridgehead atoms. The van der Waals surface area contributed by atoms with E-state index in [9.17, 15) is 31.1 Å². The summed E-state index contributed by atoms with van der Waals surface area (Å²) in [5.74, 6) is -0.662. The van der Waals surface area contributed by atoms with Gasteiger partial charge in [0.05, 0.1) is 21.3 Å². The Kier molecular flexibility index (Phi) is 5.85. The zero-order chi connectivity index (χ0) is 20.6. The average molecular weight is 436 g/mol. The summed E-state index contributed by atoms with van der Waals surface area (Å²) in [5.41, 5.74) is -0.998. The van der Waals surface area contributed by atoms with Crippen molar-refractivity contribution >= 4 is 29.2 Å². The van der Waals surface area contributed by atoms with E-state index in [0.717, 1.165) is 6.07 Å². The molecule has 27 heavy (non-hydrogen) atoms. The average Bonchev–Trinajstić information content (AvgIpc) is 2.87. The lowest BCUT2D eigenvalue weighted by molar-refractivity contribution is -0.137. The van der Waals surface area contributed by atoms with Crippen molar-refractivity contribution in [1.82, 2.24) is 15.1 Å². The molecule has 0 saturated heterocycles. The van der Waals surface area contributed by atoms with Crippen LogP contribution in [0.2, 0.25) is 10.0 Å². The molecule has 1 amide bonds. The molecule has 5 nitrogen and oxygen atoms in total. The Hall–Kier alpha value is -2.14. The first-order valence-electron chi connectivity index (χ1n) is 6.93. The van der Waals surface area contributed by atoms with Gasteiger partial charge in [0.15, 0.2) is 5.75 Å². The van der Waals surface area contributed by atoms with Crippen molar-refractivity contribution in [3.05, 3.63) is 39.5 Å². The van der Waals surface area contributed by atoms with Gasteiger partial charge in [-0.05, 0) is 19.1 Å². The monoisotopic (exact) mass is 435 g/mol. The van der Waals surface area contributed by atoms with E-state index in [2.05, 4.69) is 5.10 Å². The fraction of sp³-hybridized carbons (Fsp3) is 0.286. The van der Waals surface area contributed by atoms with Crippen LogP contribution in [0.25, 0.3) is 0 Å². The Balaban J connectivity index is 2.23. The summed E-state index contributed by atoms with van der Waals surface area (Å²) in [4.78, 5) is 11.7. The number of aryl methyl sites for hydroxylation is 1. The Bertz CT molecular complexity index is 841. The van der Waals surface area contributed by atoms with E-state index in [4.69, 9.17) is 27.9 Å². The second-order valence-corrected chi connectivity index (χ2v) is 5.99. The van der Waals surface area contributed by atoms with Crippen molar-refractivity contribution in [3.8, 4) is 11.6 Å². The summed E-state index contributed by atoms with van der Waals surface area (Å²) in [6.45, 7) is -0.221. The van der Waals surface area contributed by atoms with Gasteiger partial charge in [-0.3, -0.25) is 0 Å². The molecule has 2 aromatic rings. The second kappa shape index (κ2) is 7.47. The van der Waals surface area contributed by atoms with E-state index in [1.807, 2.05) is 0 Å². The quantitative estimate of drug-likeness (QED) is 0.654. The van der Waals surface area contributed by atoms with Gasteiger partial charge < -0.3 is 10.1 Å². The number of nitrogens with zero attached hydrogens (tertiary/aromatic N) is 2. The molecule has 0 fully saturated rings. The number of carbonyl (C=O) groups is 1. The molecule has 0 radical (unpaired) electrons. The Morgan fingerprint density at radius 1 is 1.15 bits per heavy atom. The highest BCUT2D eigenvalue weighted by atomic mass is 35.5. The topological polar surface area (TPSA) is 56.2 Å². The predicted molar refractivity (Wildman–Crippen MR) is 83.4 cm³/mol. The summed E-state index contributed by atoms with van der Waals surface area (Å²) in [6, 6.07) is 1.16. The maximum atomic E-state index is 12.7. The number of ether oxygens (including phenoxy) is 1. The molecule has 0 saturated carbocycles. The molecule has 0 unspecified atom stereocenters. The van der Waals surface area contributed by atoms with Crippen LogP contribution in [0.1, 0.15) is 11.3 Å². The molecule has 0 spiro atoms. The standard InChI is InChI=1S/C14H9Cl2F6N3O2/c1-6-2-10(24-25(6)12(26)23-5-13(17,18)19)27-11-8(15)3-7(4-9(11)16)14(20,21)22/h2-4H,5H2,1H3,(H,23,26). The van der Waals surface area contributed by atoms with Crippen LogP contribution in [0.15, 0.2) is 18.2 Å². The van der Waals surface area contributed by atoms with Gasteiger partial charge in [0.1, 0.15) is 6.54 Å². The molecule has 2 rings (SSSR count). The number of halogens is 8. The second-order valence-electron chi connectivity index (χ2n) is 5.18. The van der Waals surface area contributed by atoms with Crippen LogP contribution in [0.3, 0.4) is 0 Å². The molecule has 13 heteroatoms. The minimum Gasteiger partial charge on any atom is -0.434 e. The largest absolute Gasteiger partial charge is 0.434 e. The van der Waals surface area contributed by atoms with E-state index in [1.54, 1.807) is 5.32 Å². The fourth-order valence-electron chi connectivity index (χ4n) is 1.88. The third kappa shape index (κ3) is 5.42. The van der Waals surface area contributed by atoms with Gasteiger partial charge in [-0.2, -0.15) is 31.0 Å². The summed E-state index contributed by atoms with van der Waals surface area (Å²) < 4.78 is 80.4. The number of rotatable bonds is 3. The molecular weight excluding hydrogens is 427 g/mol. The molecule has 0 atom stereocenters. The number of hydrogen-bond donors (Lipinski definition) is 1. The van der Waals surface area contributed by atoms with Crippen LogP contribution in [0, 0.1) is 6.92 Å². The molecule has 1 heterocycles. The van der Waals surface area contributed by atoms with Gasteiger partial charge in [-0.1, -0.05) is 23.2 Å². The Morgan fingerprint density at radius 2 is 1.70 bits per heavy atom.